The minimum absolute atomic E-state index is 0.223. The number of thiophene rings is 1. The van der Waals surface area contributed by atoms with Gasteiger partial charge in [-0.25, -0.2) is 14.4 Å². The van der Waals surface area contributed by atoms with Gasteiger partial charge in [0, 0.05) is 15.8 Å². The fourth-order valence-corrected chi connectivity index (χ4v) is 4.74. The molecule has 0 bridgehead atoms. The monoisotopic (exact) mass is 465 g/mol. The molecule has 0 radical (unpaired) electrons. The van der Waals surface area contributed by atoms with Crippen LogP contribution >= 0.6 is 22.9 Å². The Morgan fingerprint density at radius 2 is 1.97 bits per heavy atom. The number of hydrogen-bond acceptors (Lipinski definition) is 6. The summed E-state index contributed by atoms with van der Waals surface area (Å²) in [6.07, 6.45) is 1.54. The topological polar surface area (TPSA) is 56.3 Å². The van der Waals surface area contributed by atoms with Crippen molar-refractivity contribution in [1.29, 1.82) is 0 Å². The first-order chi connectivity index (χ1) is 15.6. The quantitative estimate of drug-likeness (QED) is 0.293. The van der Waals surface area contributed by atoms with E-state index in [9.17, 15) is 4.39 Å². The summed E-state index contributed by atoms with van der Waals surface area (Å²) < 4.78 is 25.5. The van der Waals surface area contributed by atoms with E-state index in [1.165, 1.54) is 18.5 Å². The molecule has 0 saturated carbocycles. The Hall–Kier alpha value is -3.42. The van der Waals surface area contributed by atoms with Crippen molar-refractivity contribution < 1.29 is 13.9 Å². The van der Waals surface area contributed by atoms with Gasteiger partial charge in [-0.05, 0) is 54.1 Å². The number of methoxy groups -OCH3 is 1. The molecule has 0 aliphatic carbocycles. The molecule has 0 amide bonds. The first kappa shape index (κ1) is 20.5. The standard InChI is InChI=1S/C24H17ClFN3O2S/c1-30-17-6-7-18-21(11-17)32-24-22(18)23(27-13-28-24)29-16-5-8-20(19(25)10-16)31-12-14-3-2-4-15(26)9-14/h2-11,13H,12H2,1H3,(H,27,28,29). The van der Waals surface area contributed by atoms with Gasteiger partial charge in [0.15, 0.2) is 0 Å². The molecule has 0 aliphatic rings. The van der Waals surface area contributed by atoms with Crippen molar-refractivity contribution >= 4 is 54.7 Å². The van der Waals surface area contributed by atoms with Gasteiger partial charge in [0.25, 0.3) is 0 Å². The Morgan fingerprint density at radius 1 is 1.06 bits per heavy atom. The van der Waals surface area contributed by atoms with Crippen LogP contribution in [0.4, 0.5) is 15.9 Å². The van der Waals surface area contributed by atoms with Crippen LogP contribution in [-0.2, 0) is 6.61 Å². The van der Waals surface area contributed by atoms with Gasteiger partial charge < -0.3 is 14.8 Å². The molecule has 0 fully saturated rings. The Bertz CT molecular complexity index is 1440. The van der Waals surface area contributed by atoms with Crippen LogP contribution in [0.3, 0.4) is 0 Å². The number of rotatable bonds is 6. The van der Waals surface area contributed by atoms with Crippen LogP contribution in [0, 0.1) is 5.82 Å². The number of halogens is 2. The predicted molar refractivity (Wildman–Crippen MR) is 127 cm³/mol. The molecule has 0 aliphatic heterocycles. The third kappa shape index (κ3) is 4.04. The van der Waals surface area contributed by atoms with Gasteiger partial charge in [-0.1, -0.05) is 23.7 Å². The van der Waals surface area contributed by atoms with Crippen LogP contribution < -0.4 is 14.8 Å². The second-order valence-electron chi connectivity index (χ2n) is 7.06. The number of anilines is 2. The zero-order chi connectivity index (χ0) is 22.1. The highest BCUT2D eigenvalue weighted by molar-refractivity contribution is 7.25. The number of fused-ring (bicyclic) bond motifs is 3. The molecule has 1 N–H and O–H groups in total. The van der Waals surface area contributed by atoms with E-state index in [1.807, 2.05) is 24.3 Å². The molecule has 5 aromatic rings. The summed E-state index contributed by atoms with van der Waals surface area (Å²) in [6.45, 7) is 0.223. The van der Waals surface area contributed by atoms with Crippen LogP contribution in [0.5, 0.6) is 11.5 Å². The molecular formula is C24H17ClFN3O2S. The molecule has 3 aromatic carbocycles. The molecule has 8 heteroatoms. The number of benzene rings is 3. The highest BCUT2D eigenvalue weighted by atomic mass is 35.5. The van der Waals surface area contributed by atoms with Crippen molar-refractivity contribution in [1.82, 2.24) is 9.97 Å². The third-order valence-corrected chi connectivity index (χ3v) is 6.31. The molecule has 32 heavy (non-hydrogen) atoms. The third-order valence-electron chi connectivity index (χ3n) is 4.96. The molecule has 2 heterocycles. The predicted octanol–water partition coefficient (Wildman–Crippen LogP) is 6.97. The van der Waals surface area contributed by atoms with Crippen LogP contribution in [0.15, 0.2) is 67.0 Å². The summed E-state index contributed by atoms with van der Waals surface area (Å²) in [5, 5.41) is 5.77. The van der Waals surface area contributed by atoms with E-state index in [0.29, 0.717) is 16.6 Å². The second kappa shape index (κ2) is 8.61. The average molecular weight is 466 g/mol. The van der Waals surface area contributed by atoms with Gasteiger partial charge in [0.1, 0.15) is 40.9 Å². The van der Waals surface area contributed by atoms with Crippen molar-refractivity contribution in [3.63, 3.8) is 0 Å². The van der Waals surface area contributed by atoms with Crippen LogP contribution in [-0.4, -0.2) is 17.1 Å². The second-order valence-corrected chi connectivity index (χ2v) is 8.49. The maximum atomic E-state index is 13.3. The number of ether oxygens (including phenoxy) is 2. The molecule has 0 spiro atoms. The van der Waals surface area contributed by atoms with Crippen molar-refractivity contribution in [2.75, 3.05) is 12.4 Å². The number of nitrogens with one attached hydrogen (secondary N) is 1. The SMILES string of the molecule is COc1ccc2c(c1)sc1ncnc(Nc3ccc(OCc4cccc(F)c4)c(Cl)c3)c12. The summed E-state index contributed by atoms with van der Waals surface area (Å²) in [7, 11) is 1.65. The van der Waals surface area contributed by atoms with Crippen LogP contribution in [0.25, 0.3) is 20.3 Å². The number of hydrogen-bond donors (Lipinski definition) is 1. The zero-order valence-electron chi connectivity index (χ0n) is 16.9. The number of nitrogens with zero attached hydrogens (tertiary/aromatic N) is 2. The van der Waals surface area contributed by atoms with Crippen LogP contribution in [0.1, 0.15) is 5.56 Å². The average Bonchev–Trinajstić information content (AvgIpc) is 3.17. The Kier molecular flexibility index (Phi) is 5.51. The van der Waals surface area contributed by atoms with Gasteiger partial charge in [-0.15, -0.1) is 11.3 Å². The molecule has 5 nitrogen and oxygen atoms in total. The molecule has 2 aromatic heterocycles. The van der Waals surface area contributed by atoms with E-state index in [0.717, 1.165) is 37.3 Å². The Balaban J connectivity index is 1.41. The molecule has 0 unspecified atom stereocenters. The van der Waals surface area contributed by atoms with Gasteiger partial charge in [0.05, 0.1) is 17.5 Å². The number of aromatic nitrogens is 2. The molecule has 5 rings (SSSR count). The normalized spacial score (nSPS) is 11.1. The summed E-state index contributed by atoms with van der Waals surface area (Å²) in [4.78, 5) is 9.75. The van der Waals surface area contributed by atoms with E-state index in [2.05, 4.69) is 15.3 Å². The lowest BCUT2D eigenvalue weighted by Crippen LogP contribution is -1.98. The lowest BCUT2D eigenvalue weighted by Gasteiger charge is -2.11. The maximum absolute atomic E-state index is 13.3. The van der Waals surface area contributed by atoms with Crippen molar-refractivity contribution in [2.45, 2.75) is 6.61 Å². The summed E-state index contributed by atoms with van der Waals surface area (Å²) in [6, 6.07) is 17.6. The van der Waals surface area contributed by atoms with Gasteiger partial charge in [-0.3, -0.25) is 0 Å². The van der Waals surface area contributed by atoms with Crippen molar-refractivity contribution in [3.8, 4) is 11.5 Å². The largest absolute Gasteiger partial charge is 0.497 e. The first-order valence-corrected chi connectivity index (χ1v) is 11.0. The van der Waals surface area contributed by atoms with Gasteiger partial charge in [0.2, 0.25) is 0 Å². The minimum atomic E-state index is -0.299. The summed E-state index contributed by atoms with van der Waals surface area (Å²) >= 11 is 8.02. The Labute approximate surface area is 192 Å². The highest BCUT2D eigenvalue weighted by Crippen LogP contribution is 2.39. The lowest BCUT2D eigenvalue weighted by atomic mass is 10.2. The molecule has 0 atom stereocenters. The van der Waals surface area contributed by atoms with Crippen molar-refractivity contribution in [3.05, 3.63) is 83.4 Å². The van der Waals surface area contributed by atoms with E-state index in [4.69, 9.17) is 21.1 Å². The maximum Gasteiger partial charge on any atom is 0.143 e. The van der Waals surface area contributed by atoms with E-state index in [-0.39, 0.29) is 12.4 Å². The fourth-order valence-electron chi connectivity index (χ4n) is 3.43. The van der Waals surface area contributed by atoms with Gasteiger partial charge in [-0.2, -0.15) is 0 Å². The van der Waals surface area contributed by atoms with Crippen molar-refractivity contribution in [2.24, 2.45) is 0 Å². The fraction of sp³-hybridized carbons (Fsp3) is 0.0833. The summed E-state index contributed by atoms with van der Waals surface area (Å²) in [5.74, 6) is 1.71. The molecule has 0 saturated heterocycles. The summed E-state index contributed by atoms with van der Waals surface area (Å²) in [5.41, 5.74) is 1.49. The van der Waals surface area contributed by atoms with E-state index >= 15 is 0 Å². The van der Waals surface area contributed by atoms with E-state index < -0.39 is 0 Å². The van der Waals surface area contributed by atoms with Gasteiger partial charge >= 0.3 is 0 Å². The lowest BCUT2D eigenvalue weighted by molar-refractivity contribution is 0.306. The Morgan fingerprint density at radius 3 is 2.78 bits per heavy atom. The molecular weight excluding hydrogens is 449 g/mol. The van der Waals surface area contributed by atoms with Crippen LogP contribution in [0.2, 0.25) is 5.02 Å². The minimum Gasteiger partial charge on any atom is -0.497 e. The zero-order valence-corrected chi connectivity index (χ0v) is 18.5. The van der Waals surface area contributed by atoms with E-state index in [1.54, 1.807) is 42.7 Å². The molecule has 160 valence electrons. The highest BCUT2D eigenvalue weighted by Gasteiger charge is 2.13. The smallest absolute Gasteiger partial charge is 0.143 e. The first-order valence-electron chi connectivity index (χ1n) is 9.76.